The lowest BCUT2D eigenvalue weighted by Crippen LogP contribution is -2.63. The average molecular weight is 961 g/mol. The smallest absolute Gasteiger partial charge is 0.196 e. The molecule has 0 N–H and O–H groups in total. The average Bonchev–Trinajstić information content (AvgIpc) is 3.99. The van der Waals surface area contributed by atoms with Gasteiger partial charge in [-0.25, -0.2) is 0 Å². The summed E-state index contributed by atoms with van der Waals surface area (Å²) in [4.78, 5) is 0. The van der Waals surface area contributed by atoms with Crippen molar-refractivity contribution < 1.29 is 79.0 Å². The molecular formula is C42H30F18N6. The fourth-order valence-electron chi connectivity index (χ4n) is 10.5. The molecule has 6 aliphatic carbocycles. The van der Waals surface area contributed by atoms with E-state index < -0.39 is 107 Å². The predicted octanol–water partition coefficient (Wildman–Crippen LogP) is 13.3. The number of allylic oxidation sites excluding steroid dienone is 12. The number of fused-ring (bicyclic) bond motifs is 3. The van der Waals surface area contributed by atoms with Crippen LogP contribution in [0.3, 0.4) is 0 Å². The molecule has 0 aromatic rings. The van der Waals surface area contributed by atoms with Gasteiger partial charge in [0.2, 0.25) is 0 Å². The fourth-order valence-corrected chi connectivity index (χ4v) is 10.5. The molecule has 0 amide bonds. The van der Waals surface area contributed by atoms with Crippen LogP contribution >= 0.6 is 0 Å². The Balaban J connectivity index is 0.000000216. The molecule has 0 radical (unpaired) electrons. The van der Waals surface area contributed by atoms with Crippen molar-refractivity contribution in [3.63, 3.8) is 0 Å². The van der Waals surface area contributed by atoms with Gasteiger partial charge in [-0.05, 0) is 59.3 Å². The number of hydrogen-bond acceptors (Lipinski definition) is 6. The Morgan fingerprint density at radius 3 is 0.667 bits per heavy atom. The maximum absolute atomic E-state index is 13.5. The van der Waals surface area contributed by atoms with Gasteiger partial charge in [0.05, 0.1) is 36.4 Å². The molecule has 0 unspecified atom stereocenters. The van der Waals surface area contributed by atoms with Gasteiger partial charge in [-0.2, -0.15) is 111 Å². The van der Waals surface area contributed by atoms with Crippen LogP contribution in [0.15, 0.2) is 69.9 Å². The third-order valence-electron chi connectivity index (χ3n) is 13.7. The summed E-state index contributed by atoms with van der Waals surface area (Å²) in [7, 11) is 0. The maximum Gasteiger partial charge on any atom is 0.406 e. The van der Waals surface area contributed by atoms with E-state index in [2.05, 4.69) is 0 Å². The van der Waals surface area contributed by atoms with E-state index in [4.69, 9.17) is 0 Å². The molecule has 354 valence electrons. The zero-order chi connectivity index (χ0) is 50.9. The first kappa shape index (κ1) is 52.7. The molecular weight excluding hydrogens is 930 g/mol. The number of alkyl halides is 18. The van der Waals surface area contributed by atoms with Gasteiger partial charge < -0.3 is 0 Å². The topological polar surface area (TPSA) is 143 Å². The Labute approximate surface area is 363 Å². The standard InChI is InChI=1S/3C14H10F6N2/c3*1-8-5-12(13(15,16)17,14(18,19)20)11(6-21,7-22)10-4-2-3-9(8)10/h3*2,4,10H,3,5H2,1H3/t3*10-/m111/s1. The van der Waals surface area contributed by atoms with Gasteiger partial charge in [0.25, 0.3) is 0 Å². The minimum absolute atomic E-state index is 0.0641. The van der Waals surface area contributed by atoms with E-state index in [0.29, 0.717) is 16.7 Å². The lowest BCUT2D eigenvalue weighted by atomic mass is 9.51. The van der Waals surface area contributed by atoms with Gasteiger partial charge in [0, 0.05) is 17.8 Å². The van der Waals surface area contributed by atoms with Crippen molar-refractivity contribution in [2.75, 3.05) is 0 Å². The summed E-state index contributed by atoms with van der Waals surface area (Å²) in [5, 5.41) is 55.2. The summed E-state index contributed by atoms with van der Waals surface area (Å²) in [6.45, 7) is 3.58. The van der Waals surface area contributed by atoms with Gasteiger partial charge in [0.1, 0.15) is 0 Å². The third-order valence-corrected chi connectivity index (χ3v) is 13.7. The van der Waals surface area contributed by atoms with Crippen LogP contribution in [-0.2, 0) is 0 Å². The quantitative estimate of drug-likeness (QED) is 0.175. The molecule has 0 aromatic carbocycles. The molecule has 0 aliphatic heterocycles. The second-order valence-electron chi connectivity index (χ2n) is 16.6. The van der Waals surface area contributed by atoms with Crippen LogP contribution in [0, 0.1) is 118 Å². The molecule has 66 heavy (non-hydrogen) atoms. The molecule has 0 spiro atoms. The fraction of sp³-hybridized carbons (Fsp3) is 0.571. The highest BCUT2D eigenvalue weighted by Gasteiger charge is 2.85. The van der Waals surface area contributed by atoms with E-state index in [1.54, 1.807) is 0 Å². The van der Waals surface area contributed by atoms with Crippen molar-refractivity contribution >= 4 is 0 Å². The molecule has 0 fully saturated rings. The minimum Gasteiger partial charge on any atom is -0.196 e. The molecule has 6 rings (SSSR count). The van der Waals surface area contributed by atoms with Gasteiger partial charge in [-0.3, -0.25) is 0 Å². The second-order valence-corrected chi connectivity index (χ2v) is 16.6. The van der Waals surface area contributed by atoms with Crippen LogP contribution in [0.2, 0.25) is 0 Å². The molecule has 0 bridgehead atoms. The maximum atomic E-state index is 13.5. The lowest BCUT2D eigenvalue weighted by Gasteiger charge is -2.50. The Morgan fingerprint density at radius 2 is 0.530 bits per heavy atom. The van der Waals surface area contributed by atoms with Crippen LogP contribution in [0.25, 0.3) is 0 Å². The SMILES string of the molecule is CC1=C2CC=C[C@H]2C(C#N)(C#N)C(C(F)(F)F)(C(F)(F)F)C1.CC1=C2CC=C[C@H]2C(C#N)(C#N)C(C(F)(F)F)(C(F)(F)F)C1.CC1=C2CC=C[C@H]2C(C#N)(C#N)C(C(F)(F)F)(C(F)(F)F)C1. The molecule has 0 saturated carbocycles. The third kappa shape index (κ3) is 6.71. The molecule has 0 saturated heterocycles. The monoisotopic (exact) mass is 960 g/mol. The largest absolute Gasteiger partial charge is 0.406 e. The highest BCUT2D eigenvalue weighted by molar-refractivity contribution is 5.48. The van der Waals surface area contributed by atoms with Crippen molar-refractivity contribution in [1.29, 1.82) is 31.6 Å². The molecule has 0 heterocycles. The van der Waals surface area contributed by atoms with Crippen LogP contribution in [0.1, 0.15) is 59.3 Å². The van der Waals surface area contributed by atoms with Crippen LogP contribution < -0.4 is 0 Å². The lowest BCUT2D eigenvalue weighted by molar-refractivity contribution is -0.368. The summed E-state index contributed by atoms with van der Waals surface area (Å²) in [6.07, 6.45) is -30.9. The second kappa shape index (κ2) is 16.2. The van der Waals surface area contributed by atoms with Crippen LogP contribution in [0.4, 0.5) is 79.0 Å². The van der Waals surface area contributed by atoms with E-state index in [1.165, 1.54) is 39.0 Å². The van der Waals surface area contributed by atoms with E-state index in [-0.39, 0.29) is 36.0 Å². The summed E-state index contributed by atoms with van der Waals surface area (Å²) in [5.74, 6) is -4.50. The zero-order valence-corrected chi connectivity index (χ0v) is 33.9. The van der Waals surface area contributed by atoms with Gasteiger partial charge in [0.15, 0.2) is 32.5 Å². The van der Waals surface area contributed by atoms with Gasteiger partial charge >= 0.3 is 37.1 Å². The highest BCUT2D eigenvalue weighted by atomic mass is 19.4. The predicted molar refractivity (Wildman–Crippen MR) is 188 cm³/mol. The van der Waals surface area contributed by atoms with E-state index in [1.807, 2.05) is 0 Å². The molecule has 6 aliphatic rings. The Kier molecular flexibility index (Phi) is 12.9. The van der Waals surface area contributed by atoms with Crippen molar-refractivity contribution in [2.45, 2.75) is 96.4 Å². The zero-order valence-electron chi connectivity index (χ0n) is 33.9. The first-order chi connectivity index (χ1) is 29.9. The van der Waals surface area contributed by atoms with E-state index >= 15 is 0 Å². The molecule has 6 nitrogen and oxygen atoms in total. The molecule has 3 atom stereocenters. The van der Waals surface area contributed by atoms with Gasteiger partial charge in [-0.1, -0.05) is 69.9 Å². The number of nitrogens with zero attached hydrogens (tertiary/aromatic N) is 6. The first-order valence-corrected chi connectivity index (χ1v) is 18.9. The van der Waals surface area contributed by atoms with Gasteiger partial charge in [-0.15, -0.1) is 0 Å². The van der Waals surface area contributed by atoms with Crippen LogP contribution in [-0.4, -0.2) is 37.1 Å². The minimum atomic E-state index is -5.78. The van der Waals surface area contributed by atoms with Crippen molar-refractivity contribution in [2.24, 2.45) is 50.2 Å². The van der Waals surface area contributed by atoms with Crippen LogP contribution in [0.5, 0.6) is 0 Å². The van der Waals surface area contributed by atoms with E-state index in [0.717, 1.165) is 54.6 Å². The normalized spacial score (nSPS) is 26.3. The summed E-state index contributed by atoms with van der Waals surface area (Å²) < 4.78 is 243. The van der Waals surface area contributed by atoms with Crippen molar-refractivity contribution in [1.82, 2.24) is 0 Å². The molecule has 24 heteroatoms. The molecule has 0 aromatic heterocycles. The van der Waals surface area contributed by atoms with Crippen molar-refractivity contribution in [3.05, 3.63) is 69.9 Å². The van der Waals surface area contributed by atoms with Crippen molar-refractivity contribution in [3.8, 4) is 36.4 Å². The summed E-state index contributed by atoms with van der Waals surface area (Å²) >= 11 is 0. The highest BCUT2D eigenvalue weighted by Crippen LogP contribution is 2.72. The number of rotatable bonds is 0. The number of nitriles is 6. The Morgan fingerprint density at radius 1 is 0.364 bits per heavy atom. The Bertz CT molecular complexity index is 2100. The first-order valence-electron chi connectivity index (χ1n) is 18.9. The summed E-state index contributed by atoms with van der Waals surface area (Å²) in [6, 6.07) is 6.46. The summed E-state index contributed by atoms with van der Waals surface area (Å²) in [5.41, 5.74) is -22.3. The number of hydrogen-bond donors (Lipinski definition) is 0. The number of halogens is 18. The Hall–Kier alpha value is -5.88. The van der Waals surface area contributed by atoms with E-state index in [9.17, 15) is 111 Å².